The Bertz CT molecular complexity index is 939. The van der Waals surface area contributed by atoms with Gasteiger partial charge >= 0.3 is 0 Å². The fourth-order valence-electron chi connectivity index (χ4n) is 2.95. The Kier molecular flexibility index (Phi) is 6.93. The van der Waals surface area contributed by atoms with Gasteiger partial charge in [0.1, 0.15) is 11.6 Å². The lowest BCUT2D eigenvalue weighted by molar-refractivity contribution is -0.119. The first-order chi connectivity index (χ1) is 14.0. The van der Waals surface area contributed by atoms with Crippen molar-refractivity contribution >= 4 is 17.7 Å². The molecule has 0 aliphatic rings. The maximum absolute atomic E-state index is 13.1. The number of benzene rings is 2. The quantitative estimate of drug-likeness (QED) is 0.519. The lowest BCUT2D eigenvalue weighted by Gasteiger charge is -2.23. The molecule has 1 heterocycles. The van der Waals surface area contributed by atoms with Gasteiger partial charge in [-0.2, -0.15) is 0 Å². The Balaban J connectivity index is 1.58. The molecule has 0 saturated heterocycles. The first-order valence-electron chi connectivity index (χ1n) is 9.33. The zero-order valence-electron chi connectivity index (χ0n) is 16.6. The summed E-state index contributed by atoms with van der Waals surface area (Å²) in [4.78, 5) is 20.0. The van der Waals surface area contributed by atoms with Gasteiger partial charge in [0.05, 0.1) is 30.8 Å². The maximum atomic E-state index is 13.1. The Morgan fingerprint density at radius 3 is 2.48 bits per heavy atom. The number of carbonyl (C=O) groups is 1. The van der Waals surface area contributed by atoms with E-state index in [4.69, 9.17) is 4.74 Å². The van der Waals surface area contributed by atoms with Crippen LogP contribution in [0.3, 0.4) is 0 Å². The van der Waals surface area contributed by atoms with Crippen molar-refractivity contribution in [3.63, 3.8) is 0 Å². The molecular formula is C22H24FN3O2S. The number of carbonyl (C=O) groups excluding carboxylic acids is 1. The van der Waals surface area contributed by atoms with Gasteiger partial charge in [-0.3, -0.25) is 4.79 Å². The van der Waals surface area contributed by atoms with Crippen LogP contribution in [-0.2, 0) is 4.79 Å². The van der Waals surface area contributed by atoms with Gasteiger partial charge in [-0.1, -0.05) is 37.7 Å². The molecule has 5 nitrogen and oxygen atoms in total. The lowest BCUT2D eigenvalue weighted by atomic mass is 9.96. The molecule has 0 aliphatic carbocycles. The summed E-state index contributed by atoms with van der Waals surface area (Å²) in [5, 5.41) is 3.74. The zero-order valence-corrected chi connectivity index (χ0v) is 17.4. The summed E-state index contributed by atoms with van der Waals surface area (Å²) in [6.45, 7) is 4.15. The second kappa shape index (κ2) is 9.60. The van der Waals surface area contributed by atoms with Crippen molar-refractivity contribution in [2.75, 3.05) is 12.9 Å². The van der Waals surface area contributed by atoms with Crippen LogP contribution < -0.4 is 10.1 Å². The van der Waals surface area contributed by atoms with E-state index in [9.17, 15) is 9.18 Å². The normalized spacial score (nSPS) is 12.0. The molecule has 0 radical (unpaired) electrons. The number of aromatic nitrogens is 2. The topological polar surface area (TPSA) is 67.0 Å². The Morgan fingerprint density at radius 2 is 1.86 bits per heavy atom. The molecule has 0 saturated carbocycles. The second-order valence-corrected chi connectivity index (χ2v) is 7.92. The van der Waals surface area contributed by atoms with Crippen LogP contribution in [-0.4, -0.2) is 28.7 Å². The summed E-state index contributed by atoms with van der Waals surface area (Å²) in [6.07, 6.45) is 1.68. The fourth-order valence-corrected chi connectivity index (χ4v) is 3.61. The molecule has 1 unspecified atom stereocenters. The number of methoxy groups -OCH3 is 1. The molecule has 2 N–H and O–H groups in total. The lowest BCUT2D eigenvalue weighted by Crippen LogP contribution is -2.33. The third-order valence-corrected chi connectivity index (χ3v) is 5.39. The molecule has 3 rings (SSSR count). The van der Waals surface area contributed by atoms with E-state index < -0.39 is 0 Å². The number of thioether (sulfide) groups is 1. The minimum Gasteiger partial charge on any atom is -0.497 e. The number of hydrogen-bond donors (Lipinski definition) is 2. The standard InChI is InChI=1S/C22H24FN3O2S/c1-14(2)21(16-6-10-18(28-3)11-7-16)26-20(27)13-29-22-24-12-19(25-22)15-4-8-17(23)9-5-15/h4-12,14,21H,13H2,1-3H3,(H,24,25)(H,26,27). The van der Waals surface area contributed by atoms with E-state index in [2.05, 4.69) is 29.1 Å². The summed E-state index contributed by atoms with van der Waals surface area (Å²) < 4.78 is 18.3. The summed E-state index contributed by atoms with van der Waals surface area (Å²) in [5.41, 5.74) is 2.66. The van der Waals surface area contributed by atoms with Crippen LogP contribution in [0.5, 0.6) is 5.75 Å². The smallest absolute Gasteiger partial charge is 0.230 e. The molecule has 0 spiro atoms. The van der Waals surface area contributed by atoms with E-state index in [0.29, 0.717) is 5.16 Å². The van der Waals surface area contributed by atoms with Crippen LogP contribution in [0.1, 0.15) is 25.5 Å². The van der Waals surface area contributed by atoms with Crippen LogP contribution in [0.4, 0.5) is 4.39 Å². The minimum absolute atomic E-state index is 0.0655. The van der Waals surface area contributed by atoms with Crippen molar-refractivity contribution in [1.29, 1.82) is 0 Å². The number of rotatable bonds is 8. The number of nitrogens with zero attached hydrogens (tertiary/aromatic N) is 1. The molecule has 0 aliphatic heterocycles. The highest BCUT2D eigenvalue weighted by Crippen LogP contribution is 2.25. The molecule has 1 amide bonds. The first-order valence-corrected chi connectivity index (χ1v) is 10.3. The van der Waals surface area contributed by atoms with Crippen molar-refractivity contribution in [1.82, 2.24) is 15.3 Å². The SMILES string of the molecule is COc1ccc(C(NC(=O)CSc2ncc(-c3ccc(F)cc3)[nH]2)C(C)C)cc1. The number of halogens is 1. The van der Waals surface area contributed by atoms with Crippen molar-refractivity contribution in [3.05, 3.63) is 66.1 Å². The predicted molar refractivity (Wildman–Crippen MR) is 113 cm³/mol. The average molecular weight is 414 g/mol. The maximum Gasteiger partial charge on any atom is 0.230 e. The Morgan fingerprint density at radius 1 is 1.17 bits per heavy atom. The number of ether oxygens (including phenoxy) is 1. The van der Waals surface area contributed by atoms with Gasteiger partial charge in [0, 0.05) is 0 Å². The van der Waals surface area contributed by atoms with Crippen LogP contribution in [0.15, 0.2) is 59.9 Å². The van der Waals surface area contributed by atoms with Gasteiger partial charge in [-0.05, 0) is 53.4 Å². The number of amides is 1. The molecule has 2 aromatic carbocycles. The number of nitrogens with one attached hydrogen (secondary N) is 2. The van der Waals surface area contributed by atoms with Gasteiger partial charge in [0.25, 0.3) is 0 Å². The van der Waals surface area contributed by atoms with E-state index >= 15 is 0 Å². The number of imidazole rings is 1. The zero-order chi connectivity index (χ0) is 20.8. The molecule has 29 heavy (non-hydrogen) atoms. The molecule has 0 fully saturated rings. The van der Waals surface area contributed by atoms with Crippen molar-refractivity contribution in [2.45, 2.75) is 25.0 Å². The van der Waals surface area contributed by atoms with Gasteiger partial charge in [0.2, 0.25) is 5.91 Å². The van der Waals surface area contributed by atoms with E-state index in [1.807, 2.05) is 24.3 Å². The molecule has 0 bridgehead atoms. The summed E-state index contributed by atoms with van der Waals surface area (Å²) in [6, 6.07) is 13.8. The van der Waals surface area contributed by atoms with Crippen LogP contribution in [0.25, 0.3) is 11.3 Å². The molecule has 1 aromatic heterocycles. The van der Waals surface area contributed by atoms with Crippen molar-refractivity contribution in [2.24, 2.45) is 5.92 Å². The molecule has 152 valence electrons. The minimum atomic E-state index is -0.281. The molecule has 7 heteroatoms. The van der Waals surface area contributed by atoms with Crippen LogP contribution in [0.2, 0.25) is 0 Å². The highest BCUT2D eigenvalue weighted by Gasteiger charge is 2.19. The van der Waals surface area contributed by atoms with Crippen LogP contribution >= 0.6 is 11.8 Å². The largest absolute Gasteiger partial charge is 0.497 e. The summed E-state index contributed by atoms with van der Waals surface area (Å²) in [5.74, 6) is 0.926. The number of H-pyrrole nitrogens is 1. The summed E-state index contributed by atoms with van der Waals surface area (Å²) >= 11 is 1.33. The highest BCUT2D eigenvalue weighted by atomic mass is 32.2. The molecule has 3 aromatic rings. The van der Waals surface area contributed by atoms with Gasteiger partial charge in [0.15, 0.2) is 5.16 Å². The first kappa shape index (κ1) is 20.9. The van der Waals surface area contributed by atoms with E-state index in [1.165, 1.54) is 23.9 Å². The molecule has 1 atom stereocenters. The van der Waals surface area contributed by atoms with E-state index in [0.717, 1.165) is 22.6 Å². The second-order valence-electron chi connectivity index (χ2n) is 6.96. The Hall–Kier alpha value is -2.80. The Labute approximate surface area is 174 Å². The van der Waals surface area contributed by atoms with Crippen molar-refractivity contribution in [3.8, 4) is 17.0 Å². The average Bonchev–Trinajstić information content (AvgIpc) is 3.20. The predicted octanol–water partition coefficient (Wildman–Crippen LogP) is 4.83. The number of aromatic amines is 1. The molecular weight excluding hydrogens is 389 g/mol. The van der Waals surface area contributed by atoms with E-state index in [-0.39, 0.29) is 29.4 Å². The van der Waals surface area contributed by atoms with Gasteiger partial charge in [-0.15, -0.1) is 0 Å². The number of hydrogen-bond acceptors (Lipinski definition) is 4. The van der Waals surface area contributed by atoms with E-state index in [1.54, 1.807) is 25.4 Å². The van der Waals surface area contributed by atoms with Crippen molar-refractivity contribution < 1.29 is 13.9 Å². The summed E-state index contributed by atoms with van der Waals surface area (Å²) in [7, 11) is 1.63. The highest BCUT2D eigenvalue weighted by molar-refractivity contribution is 7.99. The third-order valence-electron chi connectivity index (χ3n) is 4.51. The monoisotopic (exact) mass is 413 g/mol. The van der Waals surface area contributed by atoms with Gasteiger partial charge < -0.3 is 15.0 Å². The third kappa shape index (κ3) is 5.60. The fraction of sp³-hybridized carbons (Fsp3) is 0.273. The van der Waals surface area contributed by atoms with Crippen LogP contribution in [0, 0.1) is 11.7 Å². The van der Waals surface area contributed by atoms with Gasteiger partial charge in [-0.25, -0.2) is 9.37 Å².